The number of anilines is 2. The van der Waals surface area contributed by atoms with Gasteiger partial charge in [-0.15, -0.1) is 0 Å². The van der Waals surface area contributed by atoms with Crippen LogP contribution in [0.3, 0.4) is 0 Å². The summed E-state index contributed by atoms with van der Waals surface area (Å²) < 4.78 is 65.5. The van der Waals surface area contributed by atoms with Gasteiger partial charge in [-0.1, -0.05) is 41.9 Å². The van der Waals surface area contributed by atoms with E-state index in [-0.39, 0.29) is 17.8 Å². The lowest BCUT2D eigenvalue weighted by Gasteiger charge is -2.26. The molecule has 0 radical (unpaired) electrons. The van der Waals surface area contributed by atoms with Crippen LogP contribution in [0.2, 0.25) is 5.02 Å². The van der Waals surface area contributed by atoms with E-state index in [4.69, 9.17) is 11.6 Å². The summed E-state index contributed by atoms with van der Waals surface area (Å²) in [5.74, 6) is -0.614. The molecule has 3 aromatic carbocycles. The molecule has 0 aliphatic carbocycles. The highest BCUT2D eigenvalue weighted by Gasteiger charge is 2.33. The molecule has 0 spiro atoms. The molecule has 0 saturated heterocycles. The molecule has 0 atom stereocenters. The van der Waals surface area contributed by atoms with Crippen LogP contribution in [0.4, 0.5) is 24.5 Å². The number of alkyl halides is 3. The van der Waals surface area contributed by atoms with E-state index in [1.165, 1.54) is 22.5 Å². The second kappa shape index (κ2) is 9.68. The van der Waals surface area contributed by atoms with Crippen molar-refractivity contribution in [1.29, 1.82) is 0 Å². The van der Waals surface area contributed by atoms with Crippen molar-refractivity contribution in [2.75, 3.05) is 15.9 Å². The molecule has 0 aliphatic heterocycles. The Bertz CT molecular complexity index is 1300. The lowest BCUT2D eigenvalue weighted by Crippen LogP contribution is -2.30. The van der Waals surface area contributed by atoms with Crippen LogP contribution in [0.15, 0.2) is 60.7 Å². The van der Waals surface area contributed by atoms with E-state index in [1.54, 1.807) is 12.1 Å². The minimum atomic E-state index is -4.65. The van der Waals surface area contributed by atoms with Crippen LogP contribution < -0.4 is 9.62 Å². The first-order valence-corrected chi connectivity index (χ1v) is 12.3. The van der Waals surface area contributed by atoms with Crippen molar-refractivity contribution in [3.63, 3.8) is 0 Å². The molecule has 0 bridgehead atoms. The van der Waals surface area contributed by atoms with E-state index in [0.717, 1.165) is 29.5 Å². The van der Waals surface area contributed by atoms with Gasteiger partial charge in [-0.25, -0.2) is 8.42 Å². The van der Waals surface area contributed by atoms with Crippen molar-refractivity contribution in [1.82, 2.24) is 0 Å². The maximum Gasteiger partial charge on any atom is 0.417 e. The Labute approximate surface area is 201 Å². The standard InChI is InChI=1S/C24H22ClF3N2O3S/c1-15-5-4-6-16(2)22(15)30(34(3,32)33)14-17-7-9-18(10-8-17)23(31)29-19-11-12-21(25)20(13-19)24(26,27)28/h4-13H,14H2,1-3H3,(H,29,31). The SMILES string of the molecule is Cc1cccc(C)c1N(Cc1ccc(C(=O)Nc2ccc(Cl)c(C(F)(F)F)c2)cc1)S(C)(=O)=O. The van der Waals surface area contributed by atoms with Crippen LogP contribution in [0, 0.1) is 13.8 Å². The highest BCUT2D eigenvalue weighted by atomic mass is 35.5. The van der Waals surface area contributed by atoms with Gasteiger partial charge in [-0.3, -0.25) is 9.10 Å². The molecule has 3 aromatic rings. The van der Waals surface area contributed by atoms with Gasteiger partial charge in [0, 0.05) is 11.3 Å². The summed E-state index contributed by atoms with van der Waals surface area (Å²) in [4.78, 5) is 12.5. The predicted octanol–water partition coefficient (Wildman–Crippen LogP) is 6.19. The third-order valence-corrected chi connectivity index (χ3v) is 6.60. The summed E-state index contributed by atoms with van der Waals surface area (Å²) >= 11 is 5.61. The van der Waals surface area contributed by atoms with Gasteiger partial charge in [0.2, 0.25) is 10.0 Å². The van der Waals surface area contributed by atoms with Crippen LogP contribution in [0.25, 0.3) is 0 Å². The summed E-state index contributed by atoms with van der Waals surface area (Å²) in [6.45, 7) is 3.71. The molecule has 1 N–H and O–H groups in total. The minimum absolute atomic E-state index is 0.0518. The summed E-state index contributed by atoms with van der Waals surface area (Å²) in [5.41, 5.74) is 1.94. The number of hydrogen-bond donors (Lipinski definition) is 1. The number of nitrogens with zero attached hydrogens (tertiary/aromatic N) is 1. The number of amides is 1. The molecule has 0 aromatic heterocycles. The second-order valence-corrected chi connectivity index (χ2v) is 10.2. The van der Waals surface area contributed by atoms with Crippen LogP contribution in [0.5, 0.6) is 0 Å². The predicted molar refractivity (Wildman–Crippen MR) is 128 cm³/mol. The molecule has 0 unspecified atom stereocenters. The Hall–Kier alpha value is -3.04. The van der Waals surface area contributed by atoms with Gasteiger partial charge in [0.05, 0.1) is 29.1 Å². The Morgan fingerprint density at radius 3 is 2.12 bits per heavy atom. The van der Waals surface area contributed by atoms with Crippen molar-refractivity contribution < 1.29 is 26.4 Å². The molecule has 3 rings (SSSR count). The van der Waals surface area contributed by atoms with E-state index < -0.39 is 32.7 Å². The molecule has 0 heterocycles. The molecule has 5 nitrogen and oxygen atoms in total. The molecule has 0 saturated carbocycles. The maximum absolute atomic E-state index is 13.1. The lowest BCUT2D eigenvalue weighted by molar-refractivity contribution is -0.137. The highest BCUT2D eigenvalue weighted by molar-refractivity contribution is 7.92. The van der Waals surface area contributed by atoms with Crippen LogP contribution in [-0.2, 0) is 22.7 Å². The second-order valence-electron chi connectivity index (χ2n) is 7.85. The van der Waals surface area contributed by atoms with E-state index in [2.05, 4.69) is 5.32 Å². The molecule has 180 valence electrons. The summed E-state index contributed by atoms with van der Waals surface area (Å²) in [6, 6.07) is 14.8. The van der Waals surface area contributed by atoms with Crippen LogP contribution in [0.1, 0.15) is 32.6 Å². The van der Waals surface area contributed by atoms with Gasteiger partial charge in [0.15, 0.2) is 0 Å². The Balaban J connectivity index is 1.81. The number of rotatable bonds is 6. The number of carbonyl (C=O) groups is 1. The van der Waals surface area contributed by atoms with Gasteiger partial charge in [-0.2, -0.15) is 13.2 Å². The fourth-order valence-corrected chi connectivity index (χ4v) is 4.74. The van der Waals surface area contributed by atoms with Gasteiger partial charge in [0.1, 0.15) is 0 Å². The van der Waals surface area contributed by atoms with E-state index in [1.807, 2.05) is 32.0 Å². The monoisotopic (exact) mass is 510 g/mol. The fraction of sp³-hybridized carbons (Fsp3) is 0.208. The van der Waals surface area contributed by atoms with E-state index >= 15 is 0 Å². The van der Waals surface area contributed by atoms with Gasteiger partial charge < -0.3 is 5.32 Å². The van der Waals surface area contributed by atoms with Crippen molar-refractivity contribution in [3.05, 3.63) is 93.5 Å². The molecular weight excluding hydrogens is 489 g/mol. The molecule has 0 aliphatic rings. The number of carbonyl (C=O) groups excluding carboxylic acids is 1. The van der Waals surface area contributed by atoms with E-state index in [9.17, 15) is 26.4 Å². The average molecular weight is 511 g/mol. The molecule has 10 heteroatoms. The number of para-hydroxylation sites is 1. The third kappa shape index (κ3) is 5.90. The number of aryl methyl sites for hydroxylation is 2. The quantitative estimate of drug-likeness (QED) is 0.429. The van der Waals surface area contributed by atoms with Crippen LogP contribution in [-0.4, -0.2) is 20.6 Å². The average Bonchev–Trinajstić information content (AvgIpc) is 2.73. The number of nitrogens with one attached hydrogen (secondary N) is 1. The number of halogens is 4. The molecule has 1 amide bonds. The first-order valence-electron chi connectivity index (χ1n) is 10.1. The first kappa shape index (κ1) is 25.6. The van der Waals surface area contributed by atoms with Crippen molar-refractivity contribution in [2.45, 2.75) is 26.6 Å². The smallest absolute Gasteiger partial charge is 0.322 e. The molecular formula is C24H22ClF3N2O3S. The molecule has 0 fully saturated rings. The Morgan fingerprint density at radius 2 is 1.59 bits per heavy atom. The maximum atomic E-state index is 13.1. The van der Waals surface area contributed by atoms with Crippen LogP contribution >= 0.6 is 11.6 Å². The van der Waals surface area contributed by atoms with Crippen molar-refractivity contribution >= 4 is 38.9 Å². The zero-order valence-corrected chi connectivity index (χ0v) is 20.1. The van der Waals surface area contributed by atoms with Gasteiger partial charge in [-0.05, 0) is 60.9 Å². The van der Waals surface area contributed by atoms with E-state index in [0.29, 0.717) is 11.3 Å². The largest absolute Gasteiger partial charge is 0.417 e. The number of sulfonamides is 1. The van der Waals surface area contributed by atoms with Crippen molar-refractivity contribution in [2.24, 2.45) is 0 Å². The van der Waals surface area contributed by atoms with Crippen molar-refractivity contribution in [3.8, 4) is 0 Å². The van der Waals surface area contributed by atoms with Gasteiger partial charge >= 0.3 is 6.18 Å². The number of benzene rings is 3. The summed E-state index contributed by atoms with van der Waals surface area (Å²) in [6.07, 6.45) is -3.53. The summed E-state index contributed by atoms with van der Waals surface area (Å²) in [5, 5.41) is 1.96. The fourth-order valence-electron chi connectivity index (χ4n) is 3.51. The summed E-state index contributed by atoms with van der Waals surface area (Å²) in [7, 11) is -3.60. The highest BCUT2D eigenvalue weighted by Crippen LogP contribution is 2.36. The topological polar surface area (TPSA) is 66.5 Å². The Kier molecular flexibility index (Phi) is 7.28. The minimum Gasteiger partial charge on any atom is -0.322 e. The number of hydrogen-bond acceptors (Lipinski definition) is 3. The third-order valence-electron chi connectivity index (χ3n) is 5.16. The normalized spacial score (nSPS) is 11.9. The Morgan fingerprint density at radius 1 is 1.00 bits per heavy atom. The zero-order chi connectivity index (χ0) is 25.3. The lowest BCUT2D eigenvalue weighted by atomic mass is 10.1. The first-order chi connectivity index (χ1) is 15.8. The zero-order valence-electron chi connectivity index (χ0n) is 18.6. The molecule has 34 heavy (non-hydrogen) atoms. The van der Waals surface area contributed by atoms with Gasteiger partial charge in [0.25, 0.3) is 5.91 Å².